The quantitative estimate of drug-likeness (QED) is 0.753. The van der Waals surface area contributed by atoms with Crippen LogP contribution in [0.3, 0.4) is 0 Å². The van der Waals surface area contributed by atoms with Crippen molar-refractivity contribution in [2.24, 2.45) is 5.73 Å². The predicted octanol–water partition coefficient (Wildman–Crippen LogP) is 2.12. The van der Waals surface area contributed by atoms with Gasteiger partial charge in [0.25, 0.3) is 0 Å². The van der Waals surface area contributed by atoms with Crippen molar-refractivity contribution >= 4 is 11.6 Å². The van der Waals surface area contributed by atoms with E-state index in [-0.39, 0.29) is 0 Å². The Labute approximate surface area is 83.1 Å². The molecule has 0 aliphatic heterocycles. The van der Waals surface area contributed by atoms with Crippen molar-refractivity contribution in [2.45, 2.75) is 24.7 Å². The molecule has 1 heterocycles. The molecule has 1 fully saturated rings. The summed E-state index contributed by atoms with van der Waals surface area (Å²) < 4.78 is 0. The number of nitrogens with two attached hydrogens (primary N) is 1. The lowest BCUT2D eigenvalue weighted by Gasteiger charge is -2.13. The van der Waals surface area contributed by atoms with E-state index in [0.29, 0.717) is 10.6 Å². The van der Waals surface area contributed by atoms with Crippen LogP contribution < -0.4 is 5.73 Å². The van der Waals surface area contributed by atoms with Gasteiger partial charge in [-0.25, -0.2) is 4.98 Å². The summed E-state index contributed by atoms with van der Waals surface area (Å²) in [5.41, 5.74) is 7.21. The van der Waals surface area contributed by atoms with E-state index in [9.17, 15) is 0 Å². The summed E-state index contributed by atoms with van der Waals surface area (Å²) in [6.07, 6.45) is 5.43. The fourth-order valence-electron chi connectivity index (χ4n) is 1.80. The second kappa shape index (κ2) is 3.28. The van der Waals surface area contributed by atoms with Gasteiger partial charge in [-0.1, -0.05) is 17.7 Å². The topological polar surface area (TPSA) is 38.9 Å². The van der Waals surface area contributed by atoms with Gasteiger partial charge in [0.15, 0.2) is 0 Å². The van der Waals surface area contributed by atoms with Crippen molar-refractivity contribution in [1.29, 1.82) is 0 Å². The highest BCUT2D eigenvalue weighted by atomic mass is 35.5. The first-order valence-corrected chi connectivity index (χ1v) is 4.97. The molecule has 1 saturated carbocycles. The Bertz CT molecular complexity index is 290. The fourth-order valence-corrected chi connectivity index (χ4v) is 1.91. The zero-order valence-electron chi connectivity index (χ0n) is 7.46. The zero-order valence-corrected chi connectivity index (χ0v) is 8.22. The number of aromatic nitrogens is 1. The van der Waals surface area contributed by atoms with Gasteiger partial charge in [-0.2, -0.15) is 0 Å². The van der Waals surface area contributed by atoms with Gasteiger partial charge in [0.05, 0.1) is 0 Å². The third-order valence-corrected chi connectivity index (χ3v) is 3.04. The Morgan fingerprint density at radius 3 is 2.69 bits per heavy atom. The molecule has 70 valence electrons. The summed E-state index contributed by atoms with van der Waals surface area (Å²) in [6.45, 7) is 0.753. The Balaban J connectivity index is 2.20. The molecule has 2 rings (SSSR count). The summed E-state index contributed by atoms with van der Waals surface area (Å²) in [7, 11) is 0. The Morgan fingerprint density at radius 2 is 2.23 bits per heavy atom. The van der Waals surface area contributed by atoms with E-state index < -0.39 is 0 Å². The van der Waals surface area contributed by atoms with Crippen molar-refractivity contribution in [3.8, 4) is 0 Å². The number of pyridine rings is 1. The zero-order chi connectivity index (χ0) is 9.31. The van der Waals surface area contributed by atoms with Crippen LogP contribution in [0.4, 0.5) is 0 Å². The summed E-state index contributed by atoms with van der Waals surface area (Å²) in [4.78, 5) is 4.09. The lowest BCUT2D eigenvalue weighted by atomic mass is 9.94. The fraction of sp³-hybridized carbons (Fsp3) is 0.500. The molecule has 2 N–H and O–H groups in total. The monoisotopic (exact) mass is 196 g/mol. The third kappa shape index (κ3) is 1.69. The average molecular weight is 197 g/mol. The molecule has 13 heavy (non-hydrogen) atoms. The van der Waals surface area contributed by atoms with Crippen molar-refractivity contribution in [3.63, 3.8) is 0 Å². The highest BCUT2D eigenvalue weighted by molar-refractivity contribution is 6.29. The molecular weight excluding hydrogens is 184 g/mol. The van der Waals surface area contributed by atoms with E-state index in [1.807, 2.05) is 12.3 Å². The molecule has 1 aromatic heterocycles. The van der Waals surface area contributed by atoms with Gasteiger partial charge in [0, 0.05) is 6.20 Å². The molecular formula is C10H13ClN2. The van der Waals surface area contributed by atoms with Gasteiger partial charge >= 0.3 is 0 Å². The maximum absolute atomic E-state index is 5.72. The van der Waals surface area contributed by atoms with E-state index in [1.165, 1.54) is 18.4 Å². The summed E-state index contributed by atoms with van der Waals surface area (Å²) >= 11 is 5.72. The third-order valence-electron chi connectivity index (χ3n) is 2.82. The lowest BCUT2D eigenvalue weighted by Crippen LogP contribution is -2.13. The van der Waals surface area contributed by atoms with Gasteiger partial charge in [-0.15, -0.1) is 0 Å². The molecule has 2 nitrogen and oxygen atoms in total. The van der Waals surface area contributed by atoms with Crippen molar-refractivity contribution < 1.29 is 0 Å². The maximum atomic E-state index is 5.72. The largest absolute Gasteiger partial charge is 0.330 e. The van der Waals surface area contributed by atoms with Gasteiger partial charge in [0.2, 0.25) is 0 Å². The van der Waals surface area contributed by atoms with E-state index in [1.54, 1.807) is 0 Å². The molecule has 0 atom stereocenters. The summed E-state index contributed by atoms with van der Waals surface area (Å²) in [5.74, 6) is 0. The molecule has 0 unspecified atom stereocenters. The SMILES string of the molecule is NCCC1(c2ccc(Cl)nc2)CC1. The van der Waals surface area contributed by atoms with Crippen LogP contribution in [-0.2, 0) is 5.41 Å². The Hall–Kier alpha value is -0.600. The minimum absolute atomic E-state index is 0.340. The molecule has 0 radical (unpaired) electrons. The average Bonchev–Trinajstić information content (AvgIpc) is 2.87. The van der Waals surface area contributed by atoms with Crippen molar-refractivity contribution in [1.82, 2.24) is 4.98 Å². The molecule has 0 spiro atoms. The molecule has 1 aliphatic carbocycles. The smallest absolute Gasteiger partial charge is 0.129 e. The number of hydrogen-bond donors (Lipinski definition) is 1. The Kier molecular flexibility index (Phi) is 2.26. The number of nitrogens with zero attached hydrogens (tertiary/aromatic N) is 1. The molecule has 3 heteroatoms. The van der Waals surface area contributed by atoms with Gasteiger partial charge < -0.3 is 5.73 Å². The van der Waals surface area contributed by atoms with Gasteiger partial charge in [-0.3, -0.25) is 0 Å². The molecule has 0 saturated heterocycles. The van der Waals surface area contributed by atoms with Crippen LogP contribution in [0.5, 0.6) is 0 Å². The van der Waals surface area contributed by atoms with Crippen LogP contribution in [-0.4, -0.2) is 11.5 Å². The van der Waals surface area contributed by atoms with E-state index >= 15 is 0 Å². The van der Waals surface area contributed by atoms with Crippen LogP contribution in [0, 0.1) is 0 Å². The first kappa shape index (κ1) is 8.97. The highest BCUT2D eigenvalue weighted by Crippen LogP contribution is 2.50. The molecule has 1 aliphatic rings. The van der Waals surface area contributed by atoms with Gasteiger partial charge in [-0.05, 0) is 42.9 Å². The second-order valence-corrected chi connectivity index (χ2v) is 4.08. The van der Waals surface area contributed by atoms with Crippen LogP contribution in [0.15, 0.2) is 18.3 Å². The Morgan fingerprint density at radius 1 is 1.46 bits per heavy atom. The normalized spacial score (nSPS) is 18.6. The van der Waals surface area contributed by atoms with Crippen LogP contribution in [0.1, 0.15) is 24.8 Å². The second-order valence-electron chi connectivity index (χ2n) is 3.69. The first-order chi connectivity index (χ1) is 6.27. The first-order valence-electron chi connectivity index (χ1n) is 4.59. The number of hydrogen-bond acceptors (Lipinski definition) is 2. The van der Waals surface area contributed by atoms with E-state index in [4.69, 9.17) is 17.3 Å². The summed E-state index contributed by atoms with van der Waals surface area (Å²) in [6, 6.07) is 3.92. The maximum Gasteiger partial charge on any atom is 0.129 e. The lowest BCUT2D eigenvalue weighted by molar-refractivity contribution is 0.626. The van der Waals surface area contributed by atoms with Crippen LogP contribution in [0.25, 0.3) is 0 Å². The molecule has 1 aromatic rings. The molecule has 0 bridgehead atoms. The van der Waals surface area contributed by atoms with Crippen LogP contribution >= 0.6 is 11.6 Å². The van der Waals surface area contributed by atoms with Crippen molar-refractivity contribution in [2.75, 3.05) is 6.54 Å². The van der Waals surface area contributed by atoms with Crippen LogP contribution in [0.2, 0.25) is 5.15 Å². The van der Waals surface area contributed by atoms with E-state index in [2.05, 4.69) is 11.1 Å². The molecule has 0 aromatic carbocycles. The number of halogens is 1. The molecule has 0 amide bonds. The standard InChI is InChI=1S/C10H13ClN2/c11-9-2-1-8(7-13-9)10(3-4-10)5-6-12/h1-2,7H,3-6,12H2. The minimum atomic E-state index is 0.340. The van der Waals surface area contributed by atoms with Gasteiger partial charge in [0.1, 0.15) is 5.15 Å². The van der Waals surface area contributed by atoms with Crippen molar-refractivity contribution in [3.05, 3.63) is 29.0 Å². The summed E-state index contributed by atoms with van der Waals surface area (Å²) in [5, 5.41) is 0.562. The number of rotatable bonds is 3. The van der Waals surface area contributed by atoms with E-state index in [0.717, 1.165) is 13.0 Å². The highest BCUT2D eigenvalue weighted by Gasteiger charge is 2.43. The predicted molar refractivity (Wildman–Crippen MR) is 53.8 cm³/mol. The minimum Gasteiger partial charge on any atom is -0.330 e.